The van der Waals surface area contributed by atoms with Gasteiger partial charge in [0.2, 0.25) is 0 Å². The van der Waals surface area contributed by atoms with Crippen molar-refractivity contribution in [2.24, 2.45) is 0 Å². The van der Waals surface area contributed by atoms with Gasteiger partial charge < -0.3 is 15.4 Å². The van der Waals surface area contributed by atoms with Gasteiger partial charge in [-0.1, -0.05) is 11.6 Å². The second kappa shape index (κ2) is 6.83. The molecule has 0 bridgehead atoms. The van der Waals surface area contributed by atoms with Crippen LogP contribution in [0.4, 0.5) is 11.5 Å². The molecule has 0 saturated carbocycles. The molecular weight excluding hydrogens is 316 g/mol. The van der Waals surface area contributed by atoms with Crippen molar-refractivity contribution in [1.82, 2.24) is 10.2 Å². The highest BCUT2D eigenvalue weighted by molar-refractivity contribution is 6.31. The second-order valence-corrected chi connectivity index (χ2v) is 6.41. The minimum atomic E-state index is -0.389. The summed E-state index contributed by atoms with van der Waals surface area (Å²) in [5.74, 6) is 0.733. The first kappa shape index (κ1) is 17.0. The molecule has 1 aromatic carbocycles. The minimum Gasteiger partial charge on any atom is -0.495 e. The molecule has 1 aromatic heterocycles. The highest BCUT2D eigenvalue weighted by atomic mass is 35.5. The van der Waals surface area contributed by atoms with Gasteiger partial charge >= 0.3 is 0 Å². The number of hydrogen-bond donors (Lipinski definition) is 2. The van der Waals surface area contributed by atoms with Gasteiger partial charge in [0.25, 0.3) is 5.91 Å². The van der Waals surface area contributed by atoms with E-state index in [-0.39, 0.29) is 17.1 Å². The van der Waals surface area contributed by atoms with Crippen molar-refractivity contribution in [3.63, 3.8) is 0 Å². The zero-order valence-electron chi connectivity index (χ0n) is 13.5. The summed E-state index contributed by atoms with van der Waals surface area (Å²) in [4.78, 5) is 12.3. The molecule has 6 nitrogen and oxygen atoms in total. The Kier molecular flexibility index (Phi) is 5.05. The standard InChI is InChI=1S/C16H19ClN4O2/c1-16(2,3)19-14-8-6-11(20-21-14)15(22)18-12-9-10(17)5-7-13(12)23-4/h5-9H,1-4H3,(H,18,22)(H,19,21). The molecule has 2 aromatic rings. The molecule has 0 aliphatic rings. The summed E-state index contributed by atoms with van der Waals surface area (Å²) in [6.07, 6.45) is 0. The summed E-state index contributed by atoms with van der Waals surface area (Å²) >= 11 is 5.94. The van der Waals surface area contributed by atoms with E-state index >= 15 is 0 Å². The van der Waals surface area contributed by atoms with E-state index in [4.69, 9.17) is 16.3 Å². The molecule has 7 heteroatoms. The first-order chi connectivity index (χ1) is 10.8. The van der Waals surface area contributed by atoms with Crippen LogP contribution < -0.4 is 15.4 Å². The average Bonchev–Trinajstić information content (AvgIpc) is 2.46. The van der Waals surface area contributed by atoms with Crippen LogP contribution in [-0.2, 0) is 0 Å². The summed E-state index contributed by atoms with van der Waals surface area (Å²) in [5.41, 5.74) is 0.544. The maximum absolute atomic E-state index is 12.3. The Morgan fingerprint density at radius 2 is 1.91 bits per heavy atom. The van der Waals surface area contributed by atoms with Crippen molar-refractivity contribution in [3.8, 4) is 5.75 Å². The van der Waals surface area contributed by atoms with Gasteiger partial charge in [0.15, 0.2) is 5.69 Å². The van der Waals surface area contributed by atoms with Crippen molar-refractivity contribution in [2.45, 2.75) is 26.3 Å². The number of hydrogen-bond acceptors (Lipinski definition) is 5. The number of amides is 1. The highest BCUT2D eigenvalue weighted by Crippen LogP contribution is 2.28. The van der Waals surface area contributed by atoms with Crippen LogP contribution in [0.15, 0.2) is 30.3 Å². The van der Waals surface area contributed by atoms with Gasteiger partial charge in [0, 0.05) is 10.6 Å². The first-order valence-electron chi connectivity index (χ1n) is 7.05. The van der Waals surface area contributed by atoms with Crippen LogP contribution in [0.25, 0.3) is 0 Å². The Morgan fingerprint density at radius 3 is 2.48 bits per heavy atom. The van der Waals surface area contributed by atoms with Crippen LogP contribution in [0.2, 0.25) is 5.02 Å². The Bertz CT molecular complexity index is 696. The maximum Gasteiger partial charge on any atom is 0.276 e. The summed E-state index contributed by atoms with van der Waals surface area (Å²) in [6.45, 7) is 6.04. The molecule has 1 heterocycles. The number of anilines is 2. The third-order valence-corrected chi connectivity index (χ3v) is 3.05. The lowest BCUT2D eigenvalue weighted by molar-refractivity contribution is 0.102. The molecule has 0 spiro atoms. The highest BCUT2D eigenvalue weighted by Gasteiger charge is 2.14. The fraction of sp³-hybridized carbons (Fsp3) is 0.312. The Morgan fingerprint density at radius 1 is 1.17 bits per heavy atom. The molecule has 0 saturated heterocycles. The topological polar surface area (TPSA) is 76.1 Å². The average molecular weight is 335 g/mol. The van der Waals surface area contributed by atoms with Crippen LogP contribution >= 0.6 is 11.6 Å². The number of rotatable bonds is 4. The van der Waals surface area contributed by atoms with E-state index in [9.17, 15) is 4.79 Å². The zero-order valence-corrected chi connectivity index (χ0v) is 14.2. The number of benzene rings is 1. The predicted octanol–water partition coefficient (Wildman–Crippen LogP) is 3.60. The number of carbonyl (C=O) groups excluding carboxylic acids is 1. The van der Waals surface area contributed by atoms with Gasteiger partial charge in [-0.2, -0.15) is 0 Å². The van der Waals surface area contributed by atoms with E-state index < -0.39 is 0 Å². The lowest BCUT2D eigenvalue weighted by Gasteiger charge is -2.20. The largest absolute Gasteiger partial charge is 0.495 e. The van der Waals surface area contributed by atoms with Crippen LogP contribution in [0.1, 0.15) is 31.3 Å². The predicted molar refractivity (Wildman–Crippen MR) is 91.4 cm³/mol. The van der Waals surface area contributed by atoms with E-state index in [1.807, 2.05) is 20.8 Å². The number of nitrogens with one attached hydrogen (secondary N) is 2. The van der Waals surface area contributed by atoms with E-state index in [0.29, 0.717) is 22.3 Å². The lowest BCUT2D eigenvalue weighted by Crippen LogP contribution is -2.27. The second-order valence-electron chi connectivity index (χ2n) is 5.98. The number of aromatic nitrogens is 2. The molecule has 0 aliphatic heterocycles. The molecule has 0 aliphatic carbocycles. The molecule has 2 rings (SSSR count). The van der Waals surface area contributed by atoms with E-state index in [1.165, 1.54) is 7.11 Å². The monoisotopic (exact) mass is 334 g/mol. The molecule has 23 heavy (non-hydrogen) atoms. The number of methoxy groups -OCH3 is 1. The molecule has 2 N–H and O–H groups in total. The molecule has 1 amide bonds. The van der Waals surface area contributed by atoms with E-state index in [0.717, 1.165) is 0 Å². The van der Waals surface area contributed by atoms with Gasteiger partial charge in [-0.15, -0.1) is 10.2 Å². The quantitative estimate of drug-likeness (QED) is 0.893. The van der Waals surface area contributed by atoms with Crippen LogP contribution in [-0.4, -0.2) is 28.8 Å². The maximum atomic E-state index is 12.3. The molecule has 0 radical (unpaired) electrons. The van der Waals surface area contributed by atoms with Crippen LogP contribution in [0.3, 0.4) is 0 Å². The molecule has 0 fully saturated rings. The fourth-order valence-corrected chi connectivity index (χ4v) is 2.04. The normalized spacial score (nSPS) is 11.0. The smallest absolute Gasteiger partial charge is 0.276 e. The van der Waals surface area contributed by atoms with Crippen molar-refractivity contribution in [1.29, 1.82) is 0 Å². The molecule has 0 atom stereocenters. The van der Waals surface area contributed by atoms with Gasteiger partial charge in [-0.3, -0.25) is 4.79 Å². The Labute approximate surface area is 140 Å². The summed E-state index contributed by atoms with van der Waals surface area (Å²) < 4.78 is 5.19. The van der Waals surface area contributed by atoms with Crippen LogP contribution in [0, 0.1) is 0 Å². The van der Waals surface area contributed by atoms with E-state index in [1.54, 1.807) is 30.3 Å². The van der Waals surface area contributed by atoms with Crippen molar-refractivity contribution in [2.75, 3.05) is 17.7 Å². The lowest BCUT2D eigenvalue weighted by atomic mass is 10.1. The van der Waals surface area contributed by atoms with Crippen LogP contribution in [0.5, 0.6) is 5.75 Å². The third-order valence-electron chi connectivity index (χ3n) is 2.81. The summed E-state index contributed by atoms with van der Waals surface area (Å²) in [6, 6.07) is 8.29. The van der Waals surface area contributed by atoms with Gasteiger partial charge in [0.05, 0.1) is 12.8 Å². The number of nitrogens with zero attached hydrogens (tertiary/aromatic N) is 2. The Hall–Kier alpha value is -2.34. The minimum absolute atomic E-state index is 0.132. The van der Waals surface area contributed by atoms with Crippen molar-refractivity contribution >= 4 is 29.0 Å². The summed E-state index contributed by atoms with van der Waals surface area (Å²) in [5, 5.41) is 14.3. The Balaban J connectivity index is 2.14. The molecule has 0 unspecified atom stereocenters. The molecular formula is C16H19ClN4O2. The van der Waals surface area contributed by atoms with Crippen molar-refractivity contribution < 1.29 is 9.53 Å². The number of halogens is 1. The van der Waals surface area contributed by atoms with Crippen molar-refractivity contribution in [3.05, 3.63) is 41.0 Å². The van der Waals surface area contributed by atoms with Gasteiger partial charge in [-0.25, -0.2) is 0 Å². The summed E-state index contributed by atoms with van der Waals surface area (Å²) in [7, 11) is 1.52. The first-order valence-corrected chi connectivity index (χ1v) is 7.43. The zero-order chi connectivity index (χ0) is 17.0. The third kappa shape index (κ3) is 4.82. The fourth-order valence-electron chi connectivity index (χ4n) is 1.87. The molecule has 122 valence electrons. The van der Waals surface area contributed by atoms with Gasteiger partial charge in [-0.05, 0) is 51.1 Å². The number of carbonyl (C=O) groups is 1. The number of ether oxygens (including phenoxy) is 1. The van der Waals surface area contributed by atoms with E-state index in [2.05, 4.69) is 20.8 Å². The SMILES string of the molecule is COc1ccc(Cl)cc1NC(=O)c1ccc(NC(C)(C)C)nn1. The van der Waals surface area contributed by atoms with Gasteiger partial charge in [0.1, 0.15) is 11.6 Å².